The van der Waals surface area contributed by atoms with Crippen LogP contribution in [0.1, 0.15) is 54.8 Å². The molecule has 2 bridgehead atoms. The number of benzene rings is 2. The van der Waals surface area contributed by atoms with Crippen LogP contribution in [0.3, 0.4) is 0 Å². The van der Waals surface area contributed by atoms with Gasteiger partial charge < -0.3 is 19.8 Å². The Morgan fingerprint density at radius 2 is 2.02 bits per heavy atom. The Kier molecular flexibility index (Phi) is 8.42. The molecule has 2 aliphatic rings. The smallest absolute Gasteiger partial charge is 0.411 e. The van der Waals surface area contributed by atoms with Crippen LogP contribution in [0, 0.1) is 0 Å². The van der Waals surface area contributed by atoms with Gasteiger partial charge in [-0.2, -0.15) is 0 Å². The van der Waals surface area contributed by atoms with Gasteiger partial charge in [0.15, 0.2) is 0 Å². The molecule has 2 aliphatic heterocycles. The number of aromatic nitrogens is 2. The van der Waals surface area contributed by atoms with Gasteiger partial charge in [0.25, 0.3) is 0 Å². The number of aromatic amines is 1. The Morgan fingerprint density at radius 3 is 2.80 bits per heavy atom. The van der Waals surface area contributed by atoms with Gasteiger partial charge in [-0.15, -0.1) is 0 Å². The third-order valence-corrected chi connectivity index (χ3v) is 7.46. The van der Waals surface area contributed by atoms with Gasteiger partial charge in [-0.3, -0.25) is 14.5 Å². The van der Waals surface area contributed by atoms with Crippen molar-refractivity contribution in [2.24, 2.45) is 0 Å². The van der Waals surface area contributed by atoms with E-state index < -0.39 is 24.2 Å². The summed E-state index contributed by atoms with van der Waals surface area (Å²) in [4.78, 5) is 47.4. The van der Waals surface area contributed by atoms with Crippen LogP contribution in [0.2, 0.25) is 10.2 Å². The van der Waals surface area contributed by atoms with Gasteiger partial charge in [0, 0.05) is 30.0 Å². The lowest BCUT2D eigenvalue weighted by Gasteiger charge is -2.36. The standard InChI is InChI=1S/C29H28Cl2N4O5/c1-39-25(37)15-17-10-11-20-21(14-17)32-24(36)9-4-2-3-8-22(28-33-26(20)27(31)34-28)35-13-12-23(40-29(35)38)18-6-5-7-19(30)16-18/h2-3,5-7,10-11,14,16,22-23H,4,8-9,12-13,15H2,1H3,(H,32,36)(H,33,34)/b3-2+/t22-,23?/m0/s1. The topological polar surface area (TPSA) is 114 Å². The molecule has 3 aromatic rings. The molecule has 2 aromatic carbocycles. The second-order valence-corrected chi connectivity index (χ2v) is 10.5. The van der Waals surface area contributed by atoms with E-state index in [1.165, 1.54) is 7.11 Å². The van der Waals surface area contributed by atoms with Gasteiger partial charge in [0.1, 0.15) is 22.8 Å². The minimum atomic E-state index is -0.471. The molecule has 3 heterocycles. The highest BCUT2D eigenvalue weighted by molar-refractivity contribution is 6.32. The number of halogens is 2. The zero-order valence-corrected chi connectivity index (χ0v) is 23.3. The summed E-state index contributed by atoms with van der Waals surface area (Å²) in [6.45, 7) is 0.440. The van der Waals surface area contributed by atoms with E-state index in [-0.39, 0.29) is 23.9 Å². The van der Waals surface area contributed by atoms with Crippen molar-refractivity contribution in [3.8, 4) is 11.3 Å². The number of nitrogens with one attached hydrogen (secondary N) is 2. The van der Waals surface area contributed by atoms with Crippen LogP contribution in [-0.2, 0) is 25.5 Å². The summed E-state index contributed by atoms with van der Waals surface area (Å²) < 4.78 is 10.6. The summed E-state index contributed by atoms with van der Waals surface area (Å²) in [5, 5.41) is 3.78. The molecule has 5 rings (SSSR count). The Morgan fingerprint density at radius 1 is 1.18 bits per heavy atom. The third kappa shape index (κ3) is 6.16. The summed E-state index contributed by atoms with van der Waals surface area (Å²) in [5.41, 5.74) is 3.01. The number of methoxy groups -OCH3 is 1. The van der Waals surface area contributed by atoms with Crippen molar-refractivity contribution in [1.82, 2.24) is 14.9 Å². The van der Waals surface area contributed by atoms with Gasteiger partial charge in [0.05, 0.1) is 25.3 Å². The molecule has 1 saturated heterocycles. The first-order valence-electron chi connectivity index (χ1n) is 13.0. The first-order valence-corrected chi connectivity index (χ1v) is 13.7. The van der Waals surface area contributed by atoms with Crippen molar-refractivity contribution in [2.75, 3.05) is 19.0 Å². The fraction of sp³-hybridized carbons (Fsp3) is 0.310. The Balaban J connectivity index is 1.47. The molecule has 1 fully saturated rings. The second-order valence-electron chi connectivity index (χ2n) is 9.64. The van der Waals surface area contributed by atoms with E-state index in [2.05, 4.69) is 10.3 Å². The van der Waals surface area contributed by atoms with Crippen molar-refractivity contribution in [2.45, 2.75) is 44.2 Å². The minimum absolute atomic E-state index is 0.0528. The van der Waals surface area contributed by atoms with E-state index in [0.717, 1.165) is 5.56 Å². The molecule has 1 aromatic heterocycles. The van der Waals surface area contributed by atoms with Gasteiger partial charge in [-0.1, -0.05) is 59.6 Å². The van der Waals surface area contributed by atoms with E-state index in [4.69, 9.17) is 37.7 Å². The van der Waals surface area contributed by atoms with Crippen LogP contribution in [0.25, 0.3) is 11.3 Å². The monoisotopic (exact) mass is 582 g/mol. The minimum Gasteiger partial charge on any atom is -0.469 e. The summed E-state index contributed by atoms with van der Waals surface area (Å²) in [6, 6.07) is 12.1. The molecule has 40 heavy (non-hydrogen) atoms. The lowest BCUT2D eigenvalue weighted by Crippen LogP contribution is -2.41. The molecule has 2 atom stereocenters. The molecular weight excluding hydrogens is 555 g/mol. The Hall–Kier alpha value is -3.82. The molecule has 2 amide bonds. The quantitative estimate of drug-likeness (QED) is 0.271. The van der Waals surface area contributed by atoms with Gasteiger partial charge in [0.2, 0.25) is 5.91 Å². The van der Waals surface area contributed by atoms with Crippen molar-refractivity contribution in [3.63, 3.8) is 0 Å². The van der Waals surface area contributed by atoms with Crippen molar-refractivity contribution in [3.05, 3.63) is 81.7 Å². The molecule has 0 radical (unpaired) electrons. The maximum atomic E-state index is 13.3. The number of anilines is 1. The van der Waals surface area contributed by atoms with Crippen LogP contribution in [0.5, 0.6) is 0 Å². The molecule has 0 spiro atoms. The number of H-pyrrole nitrogens is 1. The summed E-state index contributed by atoms with van der Waals surface area (Å²) in [6.07, 6.45) is 4.85. The summed E-state index contributed by atoms with van der Waals surface area (Å²) in [5.74, 6) is -0.0802. The number of rotatable bonds is 4. The van der Waals surface area contributed by atoms with E-state index in [0.29, 0.717) is 59.2 Å². The number of hydrogen-bond acceptors (Lipinski definition) is 6. The number of imidazole rings is 1. The normalized spacial score (nSPS) is 20.2. The van der Waals surface area contributed by atoms with Crippen LogP contribution in [0.15, 0.2) is 54.6 Å². The molecule has 208 valence electrons. The molecule has 0 saturated carbocycles. The molecule has 2 N–H and O–H groups in total. The van der Waals surface area contributed by atoms with Gasteiger partial charge >= 0.3 is 12.1 Å². The van der Waals surface area contributed by atoms with Crippen LogP contribution >= 0.6 is 23.2 Å². The Bertz CT molecular complexity index is 1470. The van der Waals surface area contributed by atoms with Gasteiger partial charge in [-0.25, -0.2) is 9.78 Å². The van der Waals surface area contributed by atoms with Crippen LogP contribution in [0.4, 0.5) is 10.5 Å². The lowest BCUT2D eigenvalue weighted by atomic mass is 10.0. The number of amides is 2. The van der Waals surface area contributed by atoms with Crippen LogP contribution < -0.4 is 5.32 Å². The number of nitrogens with zero attached hydrogens (tertiary/aromatic N) is 2. The number of allylic oxidation sites excluding steroid dienone is 1. The number of cyclic esters (lactones) is 1. The highest BCUT2D eigenvalue weighted by Gasteiger charge is 2.35. The largest absolute Gasteiger partial charge is 0.469 e. The SMILES string of the molecule is COC(=O)Cc1ccc2c(c1)NC(=O)CC/C=C/C[C@H](N1CCC(c3cccc(Cl)c3)OC1=O)c1nc-2c(Cl)[nH]1. The predicted molar refractivity (Wildman–Crippen MR) is 151 cm³/mol. The fourth-order valence-electron chi connectivity index (χ4n) is 4.93. The molecular formula is C29H28Cl2N4O5. The second kappa shape index (κ2) is 12.1. The highest BCUT2D eigenvalue weighted by Crippen LogP contribution is 2.38. The maximum Gasteiger partial charge on any atom is 0.411 e. The maximum absolute atomic E-state index is 13.3. The van der Waals surface area contributed by atoms with Crippen LogP contribution in [-0.4, -0.2) is 46.5 Å². The molecule has 1 unspecified atom stereocenters. The number of esters is 1. The van der Waals surface area contributed by atoms with E-state index in [1.807, 2.05) is 24.3 Å². The van der Waals surface area contributed by atoms with Crippen molar-refractivity contribution in [1.29, 1.82) is 0 Å². The van der Waals surface area contributed by atoms with E-state index in [1.54, 1.807) is 35.2 Å². The van der Waals surface area contributed by atoms with E-state index in [9.17, 15) is 14.4 Å². The lowest BCUT2D eigenvalue weighted by molar-refractivity contribution is -0.139. The number of carbonyl (C=O) groups excluding carboxylic acids is 3. The number of fused-ring (bicyclic) bond motifs is 4. The zero-order valence-electron chi connectivity index (χ0n) is 21.8. The molecule has 11 heteroatoms. The van der Waals surface area contributed by atoms with E-state index >= 15 is 0 Å². The summed E-state index contributed by atoms with van der Waals surface area (Å²) >= 11 is 12.8. The van der Waals surface area contributed by atoms with Gasteiger partial charge in [-0.05, 0) is 42.2 Å². The summed E-state index contributed by atoms with van der Waals surface area (Å²) in [7, 11) is 1.32. The number of hydrogen-bond donors (Lipinski definition) is 2. The Labute approximate surface area is 241 Å². The zero-order chi connectivity index (χ0) is 28.2. The molecule has 9 nitrogen and oxygen atoms in total. The third-order valence-electron chi connectivity index (χ3n) is 6.95. The molecule has 0 aliphatic carbocycles. The fourth-order valence-corrected chi connectivity index (χ4v) is 5.37. The first-order chi connectivity index (χ1) is 19.3. The number of carbonyl (C=O) groups is 3. The predicted octanol–water partition coefficient (Wildman–Crippen LogP) is 6.40. The highest BCUT2D eigenvalue weighted by atomic mass is 35.5. The average Bonchev–Trinajstić information content (AvgIpc) is 3.31. The number of ether oxygens (including phenoxy) is 2. The average molecular weight is 583 g/mol. The first kappa shape index (κ1) is 27.7. The van der Waals surface area contributed by atoms with Crippen molar-refractivity contribution < 1.29 is 23.9 Å². The van der Waals surface area contributed by atoms with Crippen molar-refractivity contribution >= 4 is 46.9 Å².